The Hall–Kier alpha value is -2.15. The summed E-state index contributed by atoms with van der Waals surface area (Å²) in [7, 11) is 0. The molecule has 7 nitrogen and oxygen atoms in total. The summed E-state index contributed by atoms with van der Waals surface area (Å²) in [5.74, 6) is 0.779. The maximum Gasteiger partial charge on any atom is 0.227 e. The van der Waals surface area contributed by atoms with Gasteiger partial charge in [0.15, 0.2) is 0 Å². The van der Waals surface area contributed by atoms with Crippen LogP contribution >= 0.6 is 0 Å². The molecular formula is C14H19N3O4. The van der Waals surface area contributed by atoms with Crippen molar-refractivity contribution in [1.29, 1.82) is 0 Å². The smallest absolute Gasteiger partial charge is 0.227 e. The van der Waals surface area contributed by atoms with Crippen molar-refractivity contribution in [3.05, 3.63) is 24.5 Å². The van der Waals surface area contributed by atoms with E-state index in [0.29, 0.717) is 24.6 Å². The first kappa shape index (κ1) is 15.2. The summed E-state index contributed by atoms with van der Waals surface area (Å²) in [5.41, 5.74) is 0.739. The van der Waals surface area contributed by atoms with Gasteiger partial charge in [-0.25, -0.2) is 0 Å². The Morgan fingerprint density at radius 3 is 3.05 bits per heavy atom. The van der Waals surface area contributed by atoms with Gasteiger partial charge in [-0.1, -0.05) is 12.1 Å². The number of hydrogen-bond acceptors (Lipinski definition) is 6. The molecule has 0 aliphatic heterocycles. The lowest BCUT2D eigenvalue weighted by atomic mass is 10.1. The van der Waals surface area contributed by atoms with Crippen molar-refractivity contribution in [3.8, 4) is 11.4 Å². The predicted octanol–water partition coefficient (Wildman–Crippen LogP) is 1.54. The fraction of sp³-hybridized carbons (Fsp3) is 0.500. The van der Waals surface area contributed by atoms with E-state index >= 15 is 0 Å². The van der Waals surface area contributed by atoms with Crippen LogP contribution in [-0.2, 0) is 11.2 Å². The zero-order chi connectivity index (χ0) is 15.1. The number of amides is 1. The molecule has 0 bridgehead atoms. The number of hydrogen-bond donors (Lipinski definition) is 2. The van der Waals surface area contributed by atoms with E-state index in [0.717, 1.165) is 12.0 Å². The molecule has 0 saturated carbocycles. The SMILES string of the molecule is CCC(CCO)NC(=O)CCc1nc(-c2ccoc2)no1. The largest absolute Gasteiger partial charge is 0.472 e. The molecule has 2 heterocycles. The molecule has 0 fully saturated rings. The summed E-state index contributed by atoms with van der Waals surface area (Å²) < 4.78 is 10.0. The number of aromatic nitrogens is 2. The van der Waals surface area contributed by atoms with Gasteiger partial charge in [-0.15, -0.1) is 0 Å². The van der Waals surface area contributed by atoms with Crippen molar-refractivity contribution in [2.45, 2.75) is 38.6 Å². The summed E-state index contributed by atoms with van der Waals surface area (Å²) in [6.45, 7) is 2.03. The first-order valence-electron chi connectivity index (χ1n) is 6.98. The van der Waals surface area contributed by atoms with Crippen LogP contribution in [0, 0.1) is 0 Å². The fourth-order valence-corrected chi connectivity index (χ4v) is 1.92. The van der Waals surface area contributed by atoms with Crippen LogP contribution in [0.2, 0.25) is 0 Å². The fourth-order valence-electron chi connectivity index (χ4n) is 1.92. The van der Waals surface area contributed by atoms with E-state index < -0.39 is 0 Å². The van der Waals surface area contributed by atoms with Crippen molar-refractivity contribution in [3.63, 3.8) is 0 Å². The first-order chi connectivity index (χ1) is 10.2. The van der Waals surface area contributed by atoms with Crippen LogP contribution in [0.15, 0.2) is 27.5 Å². The molecule has 2 rings (SSSR count). The van der Waals surface area contributed by atoms with Crippen molar-refractivity contribution >= 4 is 5.91 Å². The second-order valence-corrected chi connectivity index (χ2v) is 4.71. The van der Waals surface area contributed by atoms with Crippen LogP contribution in [0.3, 0.4) is 0 Å². The monoisotopic (exact) mass is 293 g/mol. The van der Waals surface area contributed by atoms with Crippen LogP contribution in [-0.4, -0.2) is 33.8 Å². The molecule has 0 aliphatic rings. The molecule has 114 valence electrons. The van der Waals surface area contributed by atoms with Crippen LogP contribution in [0.4, 0.5) is 0 Å². The standard InChI is InChI=1S/C14H19N3O4/c1-2-11(5-7-18)15-12(19)3-4-13-16-14(17-21-13)10-6-8-20-9-10/h6,8-9,11,18H,2-5,7H2,1H3,(H,15,19). The predicted molar refractivity (Wildman–Crippen MR) is 74.2 cm³/mol. The third-order valence-corrected chi connectivity index (χ3v) is 3.15. The summed E-state index contributed by atoms with van der Waals surface area (Å²) in [5, 5.41) is 15.6. The average Bonchev–Trinajstić information content (AvgIpc) is 3.15. The Morgan fingerprint density at radius 2 is 2.38 bits per heavy atom. The lowest BCUT2D eigenvalue weighted by Crippen LogP contribution is -2.35. The van der Waals surface area contributed by atoms with E-state index in [4.69, 9.17) is 14.0 Å². The minimum absolute atomic E-state index is 0.00618. The van der Waals surface area contributed by atoms with Crippen LogP contribution in [0.1, 0.15) is 32.1 Å². The van der Waals surface area contributed by atoms with Crippen molar-refractivity contribution in [1.82, 2.24) is 15.5 Å². The summed E-state index contributed by atoms with van der Waals surface area (Å²) >= 11 is 0. The Kier molecular flexibility index (Phi) is 5.51. The van der Waals surface area contributed by atoms with Gasteiger partial charge in [-0.3, -0.25) is 4.79 Å². The first-order valence-corrected chi connectivity index (χ1v) is 6.98. The van der Waals surface area contributed by atoms with Crippen molar-refractivity contribution in [2.24, 2.45) is 0 Å². The topological polar surface area (TPSA) is 101 Å². The number of carbonyl (C=O) groups is 1. The van der Waals surface area contributed by atoms with E-state index in [1.54, 1.807) is 6.07 Å². The van der Waals surface area contributed by atoms with Crippen LogP contribution in [0.25, 0.3) is 11.4 Å². The van der Waals surface area contributed by atoms with Gasteiger partial charge in [0.25, 0.3) is 0 Å². The molecule has 2 aromatic rings. The zero-order valence-corrected chi connectivity index (χ0v) is 11.9. The number of nitrogens with zero attached hydrogens (tertiary/aromatic N) is 2. The maximum absolute atomic E-state index is 11.8. The van der Waals surface area contributed by atoms with Gasteiger partial charge >= 0.3 is 0 Å². The molecule has 0 spiro atoms. The van der Waals surface area contributed by atoms with E-state index in [1.807, 2.05) is 6.92 Å². The lowest BCUT2D eigenvalue weighted by Gasteiger charge is -2.15. The van der Waals surface area contributed by atoms with Crippen molar-refractivity contribution in [2.75, 3.05) is 6.61 Å². The molecular weight excluding hydrogens is 274 g/mol. The summed E-state index contributed by atoms with van der Waals surface area (Å²) in [6.07, 6.45) is 5.07. The number of furan rings is 1. The van der Waals surface area contributed by atoms with Crippen LogP contribution in [0.5, 0.6) is 0 Å². The van der Waals surface area contributed by atoms with Gasteiger partial charge in [0.2, 0.25) is 17.6 Å². The second-order valence-electron chi connectivity index (χ2n) is 4.71. The highest BCUT2D eigenvalue weighted by Crippen LogP contribution is 2.16. The Labute approximate surface area is 122 Å². The number of rotatable bonds is 8. The molecule has 7 heteroatoms. The highest BCUT2D eigenvalue weighted by Gasteiger charge is 2.13. The minimum atomic E-state index is -0.0849. The molecule has 1 atom stereocenters. The minimum Gasteiger partial charge on any atom is -0.472 e. The molecule has 0 aliphatic carbocycles. The number of aliphatic hydroxyl groups excluding tert-OH is 1. The number of aryl methyl sites for hydroxylation is 1. The molecule has 0 radical (unpaired) electrons. The molecule has 1 unspecified atom stereocenters. The normalized spacial score (nSPS) is 12.3. The van der Waals surface area contributed by atoms with Gasteiger partial charge in [0.1, 0.15) is 6.26 Å². The summed E-state index contributed by atoms with van der Waals surface area (Å²) in [4.78, 5) is 16.0. The quantitative estimate of drug-likeness (QED) is 0.765. The number of aliphatic hydroxyl groups is 1. The number of carbonyl (C=O) groups excluding carboxylic acids is 1. The third-order valence-electron chi connectivity index (χ3n) is 3.15. The van der Waals surface area contributed by atoms with E-state index in [2.05, 4.69) is 15.5 Å². The molecule has 21 heavy (non-hydrogen) atoms. The Bertz CT molecular complexity index is 550. The summed E-state index contributed by atoms with van der Waals surface area (Å²) in [6, 6.07) is 1.74. The van der Waals surface area contributed by atoms with Gasteiger partial charge < -0.3 is 19.4 Å². The van der Waals surface area contributed by atoms with Crippen molar-refractivity contribution < 1.29 is 18.8 Å². The number of nitrogens with one attached hydrogen (secondary N) is 1. The average molecular weight is 293 g/mol. The van der Waals surface area contributed by atoms with Crippen LogP contribution < -0.4 is 5.32 Å². The highest BCUT2D eigenvalue weighted by atomic mass is 16.5. The molecule has 2 aromatic heterocycles. The van der Waals surface area contributed by atoms with E-state index in [1.165, 1.54) is 12.5 Å². The van der Waals surface area contributed by atoms with E-state index in [9.17, 15) is 4.79 Å². The molecule has 2 N–H and O–H groups in total. The Morgan fingerprint density at radius 1 is 1.52 bits per heavy atom. The zero-order valence-electron chi connectivity index (χ0n) is 11.9. The van der Waals surface area contributed by atoms with Gasteiger partial charge in [-0.2, -0.15) is 4.98 Å². The third kappa shape index (κ3) is 4.42. The van der Waals surface area contributed by atoms with Gasteiger partial charge in [0, 0.05) is 25.5 Å². The van der Waals surface area contributed by atoms with Gasteiger partial charge in [0.05, 0.1) is 11.8 Å². The maximum atomic E-state index is 11.8. The molecule has 0 saturated heterocycles. The Balaban J connectivity index is 1.81. The molecule has 0 aromatic carbocycles. The van der Waals surface area contributed by atoms with E-state index in [-0.39, 0.29) is 25.0 Å². The highest BCUT2D eigenvalue weighted by molar-refractivity contribution is 5.76. The molecule has 1 amide bonds. The lowest BCUT2D eigenvalue weighted by molar-refractivity contribution is -0.122. The van der Waals surface area contributed by atoms with Gasteiger partial charge in [-0.05, 0) is 18.9 Å². The second kappa shape index (κ2) is 7.58.